The van der Waals surface area contributed by atoms with E-state index in [-0.39, 0.29) is 24.2 Å². The second-order valence-electron chi connectivity index (χ2n) is 6.13. The zero-order chi connectivity index (χ0) is 20.9. The summed E-state index contributed by atoms with van der Waals surface area (Å²) >= 11 is 0. The standard InChI is InChI=1S/C21H21N2O5P/c1-3-27-29(25,28-4-2)21(23-16-11-9-15(13-22)10-12-16)18-14-26-19-8-6-5-7-17(19)20(18)24/h5-12,14,21,23H,3-4H2,1-2H3. The number of rotatable bonds is 8. The maximum absolute atomic E-state index is 13.6. The molecule has 0 fully saturated rings. The van der Waals surface area contributed by atoms with Crippen LogP contribution in [0.5, 0.6) is 0 Å². The third-order valence-corrected chi connectivity index (χ3v) is 6.53. The van der Waals surface area contributed by atoms with E-state index < -0.39 is 13.4 Å². The minimum atomic E-state index is -3.78. The van der Waals surface area contributed by atoms with Crippen LogP contribution in [0.25, 0.3) is 11.0 Å². The second-order valence-corrected chi connectivity index (χ2v) is 8.24. The number of fused-ring (bicyclic) bond motifs is 1. The molecule has 0 aliphatic heterocycles. The molecular formula is C21H21N2O5P. The van der Waals surface area contributed by atoms with E-state index in [9.17, 15) is 9.36 Å². The van der Waals surface area contributed by atoms with Crippen LogP contribution in [0.1, 0.15) is 30.8 Å². The molecule has 3 aromatic rings. The zero-order valence-corrected chi connectivity index (χ0v) is 17.0. The van der Waals surface area contributed by atoms with E-state index in [4.69, 9.17) is 18.7 Å². The number of para-hydroxylation sites is 1. The van der Waals surface area contributed by atoms with Crippen molar-refractivity contribution in [2.75, 3.05) is 18.5 Å². The molecule has 1 N–H and O–H groups in total. The summed E-state index contributed by atoms with van der Waals surface area (Å²) in [6.07, 6.45) is 1.29. The van der Waals surface area contributed by atoms with Gasteiger partial charge in [0.15, 0.2) is 11.2 Å². The molecule has 1 unspecified atom stereocenters. The summed E-state index contributed by atoms with van der Waals surface area (Å²) in [6, 6.07) is 15.4. The van der Waals surface area contributed by atoms with E-state index >= 15 is 0 Å². The zero-order valence-electron chi connectivity index (χ0n) is 16.1. The number of nitrogens with one attached hydrogen (secondary N) is 1. The topological polar surface area (TPSA) is 102 Å². The molecule has 0 aliphatic rings. The van der Waals surface area contributed by atoms with Gasteiger partial charge < -0.3 is 18.8 Å². The van der Waals surface area contributed by atoms with Gasteiger partial charge in [-0.1, -0.05) is 12.1 Å². The molecule has 2 aromatic carbocycles. The first-order valence-corrected chi connectivity index (χ1v) is 10.8. The smallest absolute Gasteiger partial charge is 0.357 e. The van der Waals surface area contributed by atoms with Crippen molar-refractivity contribution < 1.29 is 18.0 Å². The summed E-state index contributed by atoms with van der Waals surface area (Å²) in [5.41, 5.74) is 1.29. The molecule has 7 nitrogen and oxygen atoms in total. The van der Waals surface area contributed by atoms with Gasteiger partial charge in [-0.25, -0.2) is 0 Å². The molecule has 0 aliphatic carbocycles. The molecule has 8 heteroatoms. The number of nitriles is 1. The number of nitrogens with zero attached hydrogens (tertiary/aromatic N) is 1. The van der Waals surface area contributed by atoms with Crippen molar-refractivity contribution in [3.8, 4) is 6.07 Å². The molecule has 1 heterocycles. The van der Waals surface area contributed by atoms with Crippen LogP contribution in [0.3, 0.4) is 0 Å². The van der Waals surface area contributed by atoms with E-state index in [1.807, 2.05) is 6.07 Å². The van der Waals surface area contributed by atoms with Gasteiger partial charge in [0, 0.05) is 5.69 Å². The lowest BCUT2D eigenvalue weighted by atomic mass is 10.1. The van der Waals surface area contributed by atoms with Crippen LogP contribution in [-0.2, 0) is 13.6 Å². The molecule has 0 saturated carbocycles. The number of hydrogen-bond donors (Lipinski definition) is 1. The van der Waals surface area contributed by atoms with Crippen molar-refractivity contribution in [2.24, 2.45) is 0 Å². The van der Waals surface area contributed by atoms with E-state index in [2.05, 4.69) is 5.32 Å². The van der Waals surface area contributed by atoms with Crippen molar-refractivity contribution >= 4 is 24.3 Å². The summed E-state index contributed by atoms with van der Waals surface area (Å²) in [5, 5.41) is 12.4. The Kier molecular flexibility index (Phi) is 6.50. The van der Waals surface area contributed by atoms with Gasteiger partial charge in [0.05, 0.1) is 35.8 Å². The number of benzene rings is 2. The quantitative estimate of drug-likeness (QED) is 0.517. The highest BCUT2D eigenvalue weighted by Gasteiger charge is 2.39. The largest absolute Gasteiger partial charge is 0.464 e. The molecule has 29 heavy (non-hydrogen) atoms. The van der Waals surface area contributed by atoms with Crippen molar-refractivity contribution in [3.63, 3.8) is 0 Å². The van der Waals surface area contributed by atoms with Crippen molar-refractivity contribution in [2.45, 2.75) is 19.6 Å². The van der Waals surface area contributed by atoms with Gasteiger partial charge in [0.25, 0.3) is 0 Å². The third kappa shape index (κ3) is 4.41. The normalized spacial score (nSPS) is 12.4. The minimum Gasteiger partial charge on any atom is -0.464 e. The maximum Gasteiger partial charge on any atom is 0.357 e. The van der Waals surface area contributed by atoms with E-state index in [1.165, 1.54) is 6.26 Å². The number of anilines is 1. The molecule has 3 rings (SSSR count). The van der Waals surface area contributed by atoms with Crippen LogP contribution in [0.4, 0.5) is 5.69 Å². The lowest BCUT2D eigenvalue weighted by Gasteiger charge is -2.27. The molecule has 1 atom stereocenters. The Hall–Kier alpha value is -2.91. The first-order chi connectivity index (χ1) is 14.0. The fourth-order valence-corrected chi connectivity index (χ4v) is 4.87. The van der Waals surface area contributed by atoms with Crippen LogP contribution in [-0.4, -0.2) is 13.2 Å². The lowest BCUT2D eigenvalue weighted by molar-refractivity contribution is 0.214. The molecule has 0 amide bonds. The van der Waals surface area contributed by atoms with Crippen LogP contribution in [0.15, 0.2) is 64.0 Å². The van der Waals surface area contributed by atoms with E-state index in [0.29, 0.717) is 22.2 Å². The monoisotopic (exact) mass is 412 g/mol. The molecule has 0 bridgehead atoms. The van der Waals surface area contributed by atoms with Gasteiger partial charge in [-0.2, -0.15) is 5.26 Å². The van der Waals surface area contributed by atoms with Crippen LogP contribution >= 0.6 is 7.60 Å². The molecule has 150 valence electrons. The van der Waals surface area contributed by atoms with Crippen LogP contribution < -0.4 is 10.7 Å². The summed E-state index contributed by atoms with van der Waals surface area (Å²) in [7, 11) is -3.78. The van der Waals surface area contributed by atoms with E-state index in [0.717, 1.165) is 0 Å². The highest BCUT2D eigenvalue weighted by molar-refractivity contribution is 7.54. The van der Waals surface area contributed by atoms with Gasteiger partial charge in [-0.3, -0.25) is 9.36 Å². The van der Waals surface area contributed by atoms with Crippen molar-refractivity contribution in [3.05, 3.63) is 76.1 Å². The molecule has 1 aromatic heterocycles. The first kappa shape index (κ1) is 20.8. The highest BCUT2D eigenvalue weighted by Crippen LogP contribution is 2.60. The lowest BCUT2D eigenvalue weighted by Crippen LogP contribution is -2.22. The van der Waals surface area contributed by atoms with Gasteiger partial charge in [-0.05, 0) is 50.2 Å². The fraction of sp³-hybridized carbons (Fsp3) is 0.238. The van der Waals surface area contributed by atoms with Crippen LogP contribution in [0.2, 0.25) is 0 Å². The predicted molar refractivity (Wildman–Crippen MR) is 111 cm³/mol. The molecular weight excluding hydrogens is 391 g/mol. The Balaban J connectivity index is 2.14. The predicted octanol–water partition coefficient (Wildman–Crippen LogP) is 5.04. The summed E-state index contributed by atoms with van der Waals surface area (Å²) < 4.78 is 30.2. The SMILES string of the molecule is CCOP(=O)(OCC)C(Nc1ccc(C#N)cc1)c1coc2ccccc2c1=O. The van der Waals surface area contributed by atoms with Gasteiger partial charge >= 0.3 is 7.60 Å². The molecule has 0 saturated heterocycles. The second kappa shape index (κ2) is 9.06. The van der Waals surface area contributed by atoms with Gasteiger partial charge in [0.2, 0.25) is 0 Å². The fourth-order valence-electron chi connectivity index (χ4n) is 2.95. The van der Waals surface area contributed by atoms with E-state index in [1.54, 1.807) is 62.4 Å². The molecule has 0 spiro atoms. The Bertz CT molecular complexity index is 1120. The maximum atomic E-state index is 13.6. The summed E-state index contributed by atoms with van der Waals surface area (Å²) in [5.74, 6) is -1.09. The van der Waals surface area contributed by atoms with Crippen molar-refractivity contribution in [1.82, 2.24) is 0 Å². The average molecular weight is 412 g/mol. The minimum absolute atomic E-state index is 0.137. The highest BCUT2D eigenvalue weighted by atomic mass is 31.2. The van der Waals surface area contributed by atoms with Crippen molar-refractivity contribution in [1.29, 1.82) is 5.26 Å². The third-order valence-electron chi connectivity index (χ3n) is 4.25. The van der Waals surface area contributed by atoms with Crippen LogP contribution in [0, 0.1) is 11.3 Å². The summed E-state index contributed by atoms with van der Waals surface area (Å²) in [6.45, 7) is 3.68. The Morgan fingerprint density at radius 3 is 2.38 bits per heavy atom. The average Bonchev–Trinajstić information content (AvgIpc) is 2.74. The Morgan fingerprint density at radius 1 is 1.10 bits per heavy atom. The summed E-state index contributed by atoms with van der Waals surface area (Å²) in [4.78, 5) is 13.1. The number of hydrogen-bond acceptors (Lipinski definition) is 7. The molecule has 0 radical (unpaired) electrons. The first-order valence-electron chi connectivity index (χ1n) is 9.18. The van der Waals surface area contributed by atoms with Gasteiger partial charge in [-0.15, -0.1) is 0 Å². The Morgan fingerprint density at radius 2 is 1.76 bits per heavy atom. The van der Waals surface area contributed by atoms with Gasteiger partial charge in [0.1, 0.15) is 11.8 Å². The Labute approximate surface area is 168 Å².